The van der Waals surface area contributed by atoms with E-state index in [0.717, 1.165) is 23.7 Å². The Labute approximate surface area is 124 Å². The third kappa shape index (κ3) is 2.79. The quantitative estimate of drug-likeness (QED) is 0.826. The van der Waals surface area contributed by atoms with E-state index in [0.29, 0.717) is 6.04 Å². The molecule has 0 saturated heterocycles. The zero-order valence-electron chi connectivity index (χ0n) is 13.2. The van der Waals surface area contributed by atoms with Gasteiger partial charge in [0.05, 0.1) is 0 Å². The Balaban J connectivity index is 1.70. The second-order valence-corrected chi connectivity index (χ2v) is 7.30. The van der Waals surface area contributed by atoms with Crippen molar-refractivity contribution in [3.63, 3.8) is 0 Å². The first-order valence-electron chi connectivity index (χ1n) is 8.47. The molecule has 110 valence electrons. The van der Waals surface area contributed by atoms with Crippen LogP contribution in [0.25, 0.3) is 0 Å². The first-order chi connectivity index (χ1) is 9.70. The van der Waals surface area contributed by atoms with Gasteiger partial charge in [0.2, 0.25) is 0 Å². The molecule has 0 spiro atoms. The van der Waals surface area contributed by atoms with Crippen molar-refractivity contribution in [1.82, 2.24) is 5.32 Å². The highest BCUT2D eigenvalue weighted by atomic mass is 14.9. The van der Waals surface area contributed by atoms with Crippen LogP contribution in [-0.2, 0) is 6.42 Å². The minimum atomic E-state index is 0.580. The summed E-state index contributed by atoms with van der Waals surface area (Å²) in [5, 5.41) is 3.60. The van der Waals surface area contributed by atoms with Crippen molar-refractivity contribution in [2.24, 2.45) is 23.7 Å². The first-order valence-corrected chi connectivity index (χ1v) is 8.47. The van der Waals surface area contributed by atoms with Crippen LogP contribution in [0.1, 0.15) is 56.7 Å². The van der Waals surface area contributed by atoms with Crippen LogP contribution in [0.5, 0.6) is 0 Å². The summed E-state index contributed by atoms with van der Waals surface area (Å²) in [6.45, 7) is 4.58. The van der Waals surface area contributed by atoms with Gasteiger partial charge in [0.15, 0.2) is 0 Å². The minimum Gasteiger partial charge on any atom is -0.313 e. The summed E-state index contributed by atoms with van der Waals surface area (Å²) in [6.07, 6.45) is 7.06. The molecule has 1 aromatic carbocycles. The molecule has 1 nitrogen and oxygen atoms in total. The number of hydrogen-bond acceptors (Lipinski definition) is 1. The van der Waals surface area contributed by atoms with E-state index in [1.165, 1.54) is 43.2 Å². The molecule has 3 unspecified atom stereocenters. The molecular formula is C19H29N. The highest BCUT2D eigenvalue weighted by molar-refractivity contribution is 5.28. The van der Waals surface area contributed by atoms with E-state index in [4.69, 9.17) is 0 Å². The van der Waals surface area contributed by atoms with Gasteiger partial charge in [-0.15, -0.1) is 0 Å². The van der Waals surface area contributed by atoms with Gasteiger partial charge in [-0.05, 0) is 61.1 Å². The summed E-state index contributed by atoms with van der Waals surface area (Å²) < 4.78 is 0. The molecule has 0 amide bonds. The normalized spacial score (nSPS) is 30.1. The molecule has 0 radical (unpaired) electrons. The lowest BCUT2D eigenvalue weighted by Gasteiger charge is -2.18. The van der Waals surface area contributed by atoms with Gasteiger partial charge in [-0.25, -0.2) is 0 Å². The van der Waals surface area contributed by atoms with Crippen molar-refractivity contribution >= 4 is 0 Å². The molecular weight excluding hydrogens is 242 g/mol. The highest BCUT2D eigenvalue weighted by Gasteiger charge is 2.53. The number of nitrogens with one attached hydrogen (secondary N) is 1. The zero-order chi connectivity index (χ0) is 14.1. The molecule has 2 aliphatic rings. The molecule has 0 heterocycles. The number of fused-ring (bicyclic) bond motifs is 1. The summed E-state index contributed by atoms with van der Waals surface area (Å²) in [5.41, 5.74) is 2.98. The molecule has 0 aromatic heterocycles. The Bertz CT molecular complexity index is 422. The largest absolute Gasteiger partial charge is 0.313 e. The topological polar surface area (TPSA) is 12.0 Å². The fraction of sp³-hybridized carbons (Fsp3) is 0.684. The van der Waals surface area contributed by atoms with Crippen LogP contribution in [0, 0.1) is 23.7 Å². The Kier molecular flexibility index (Phi) is 4.16. The average molecular weight is 271 g/mol. The van der Waals surface area contributed by atoms with Crippen LogP contribution in [-0.4, -0.2) is 7.05 Å². The van der Waals surface area contributed by atoms with Gasteiger partial charge >= 0.3 is 0 Å². The molecule has 2 aliphatic carbocycles. The SMILES string of the molecule is CNC(c1ccc(CC(C)C)cc1)C1C2CCCCC21. The summed E-state index contributed by atoms with van der Waals surface area (Å²) in [4.78, 5) is 0. The predicted octanol–water partition coefficient (Wildman–Crippen LogP) is 4.58. The Morgan fingerprint density at radius 2 is 1.65 bits per heavy atom. The Hall–Kier alpha value is -0.820. The summed E-state index contributed by atoms with van der Waals surface area (Å²) in [5.74, 6) is 3.67. The molecule has 1 aromatic rings. The number of benzene rings is 1. The Morgan fingerprint density at radius 1 is 1.05 bits per heavy atom. The van der Waals surface area contributed by atoms with Crippen molar-refractivity contribution in [3.8, 4) is 0 Å². The smallest absolute Gasteiger partial charge is 0.0351 e. The van der Waals surface area contributed by atoms with E-state index >= 15 is 0 Å². The maximum Gasteiger partial charge on any atom is 0.0351 e. The second-order valence-electron chi connectivity index (χ2n) is 7.30. The highest BCUT2D eigenvalue weighted by Crippen LogP contribution is 2.60. The van der Waals surface area contributed by atoms with Gasteiger partial charge in [-0.3, -0.25) is 0 Å². The van der Waals surface area contributed by atoms with E-state index < -0.39 is 0 Å². The maximum atomic E-state index is 3.60. The van der Waals surface area contributed by atoms with Crippen molar-refractivity contribution in [2.45, 2.75) is 52.0 Å². The predicted molar refractivity (Wildman–Crippen MR) is 85.7 cm³/mol. The maximum absolute atomic E-state index is 3.60. The molecule has 2 saturated carbocycles. The van der Waals surface area contributed by atoms with Gasteiger partial charge in [0.25, 0.3) is 0 Å². The average Bonchev–Trinajstić information content (AvgIpc) is 3.16. The number of rotatable bonds is 5. The van der Waals surface area contributed by atoms with E-state index in [1.807, 2.05) is 0 Å². The lowest BCUT2D eigenvalue weighted by Crippen LogP contribution is -2.19. The van der Waals surface area contributed by atoms with Gasteiger partial charge in [0, 0.05) is 6.04 Å². The molecule has 2 fully saturated rings. The van der Waals surface area contributed by atoms with Crippen molar-refractivity contribution < 1.29 is 0 Å². The lowest BCUT2D eigenvalue weighted by atomic mass is 9.96. The van der Waals surface area contributed by atoms with Crippen LogP contribution >= 0.6 is 0 Å². The van der Waals surface area contributed by atoms with E-state index in [9.17, 15) is 0 Å². The lowest BCUT2D eigenvalue weighted by molar-refractivity contribution is 0.480. The van der Waals surface area contributed by atoms with Crippen LogP contribution in [0.4, 0.5) is 0 Å². The third-order valence-corrected chi connectivity index (χ3v) is 5.40. The fourth-order valence-corrected chi connectivity index (χ4v) is 4.46. The van der Waals surface area contributed by atoms with Gasteiger partial charge in [-0.1, -0.05) is 51.0 Å². The van der Waals surface area contributed by atoms with E-state index in [-0.39, 0.29) is 0 Å². The van der Waals surface area contributed by atoms with Crippen LogP contribution in [0.3, 0.4) is 0 Å². The summed E-state index contributed by atoms with van der Waals surface area (Å²) >= 11 is 0. The zero-order valence-corrected chi connectivity index (χ0v) is 13.2. The molecule has 3 atom stereocenters. The van der Waals surface area contributed by atoms with Gasteiger partial charge in [-0.2, -0.15) is 0 Å². The molecule has 0 bridgehead atoms. The summed E-state index contributed by atoms with van der Waals surface area (Å²) in [7, 11) is 2.14. The summed E-state index contributed by atoms with van der Waals surface area (Å²) in [6, 6.07) is 9.99. The standard InChI is InChI=1S/C19H29N/c1-13(2)12-14-8-10-15(11-9-14)19(20-3)18-16-6-4-5-7-17(16)18/h8-11,13,16-20H,4-7,12H2,1-3H3. The van der Waals surface area contributed by atoms with E-state index in [2.05, 4.69) is 50.5 Å². The third-order valence-electron chi connectivity index (χ3n) is 5.40. The fourth-order valence-electron chi connectivity index (χ4n) is 4.46. The molecule has 1 N–H and O–H groups in total. The Morgan fingerprint density at radius 3 is 2.15 bits per heavy atom. The van der Waals surface area contributed by atoms with Crippen molar-refractivity contribution in [2.75, 3.05) is 7.05 Å². The second kappa shape index (κ2) is 5.89. The molecule has 0 aliphatic heterocycles. The molecule has 3 rings (SSSR count). The van der Waals surface area contributed by atoms with E-state index in [1.54, 1.807) is 0 Å². The minimum absolute atomic E-state index is 0.580. The van der Waals surface area contributed by atoms with Crippen molar-refractivity contribution in [3.05, 3.63) is 35.4 Å². The van der Waals surface area contributed by atoms with Crippen LogP contribution in [0.2, 0.25) is 0 Å². The monoisotopic (exact) mass is 271 g/mol. The first kappa shape index (κ1) is 14.1. The van der Waals surface area contributed by atoms with Gasteiger partial charge in [0.1, 0.15) is 0 Å². The van der Waals surface area contributed by atoms with Gasteiger partial charge < -0.3 is 5.32 Å². The molecule has 1 heteroatoms. The van der Waals surface area contributed by atoms with Crippen molar-refractivity contribution in [1.29, 1.82) is 0 Å². The molecule has 20 heavy (non-hydrogen) atoms. The van der Waals surface area contributed by atoms with Crippen LogP contribution < -0.4 is 5.32 Å². The number of hydrogen-bond donors (Lipinski definition) is 1. The van der Waals surface area contributed by atoms with Crippen LogP contribution in [0.15, 0.2) is 24.3 Å².